The maximum atomic E-state index is 12.9. The summed E-state index contributed by atoms with van der Waals surface area (Å²) in [7, 11) is 3.86. The standard InChI is InChI=1S/C22H27Cl2N3O2/c1-14(2)20(26-21(28)16-10-6-8-12-18(16)24)22(29)25-13-19(27(3)4)15-9-5-7-11-17(15)23/h5-12,14,19-20H,13H2,1-4H3,(H,25,29)(H,26,28)/t19-,20-/m0/s1. The smallest absolute Gasteiger partial charge is 0.253 e. The highest BCUT2D eigenvalue weighted by Crippen LogP contribution is 2.25. The van der Waals surface area contributed by atoms with Gasteiger partial charge in [0.15, 0.2) is 0 Å². The summed E-state index contributed by atoms with van der Waals surface area (Å²) >= 11 is 12.4. The zero-order valence-electron chi connectivity index (χ0n) is 17.1. The van der Waals surface area contributed by atoms with Crippen LogP contribution in [-0.4, -0.2) is 43.4 Å². The van der Waals surface area contributed by atoms with E-state index in [-0.39, 0.29) is 23.8 Å². The molecule has 2 atom stereocenters. The highest BCUT2D eigenvalue weighted by atomic mass is 35.5. The summed E-state index contributed by atoms with van der Waals surface area (Å²) in [4.78, 5) is 27.5. The lowest BCUT2D eigenvalue weighted by molar-refractivity contribution is -0.124. The van der Waals surface area contributed by atoms with E-state index < -0.39 is 6.04 Å². The van der Waals surface area contributed by atoms with E-state index in [4.69, 9.17) is 23.2 Å². The van der Waals surface area contributed by atoms with E-state index in [2.05, 4.69) is 10.6 Å². The summed E-state index contributed by atoms with van der Waals surface area (Å²) in [5.74, 6) is -0.724. The Labute approximate surface area is 182 Å². The number of carbonyl (C=O) groups is 2. The molecule has 0 fully saturated rings. The Kier molecular flexibility index (Phi) is 8.50. The summed E-state index contributed by atoms with van der Waals surface area (Å²) in [6.07, 6.45) is 0. The van der Waals surface area contributed by atoms with Gasteiger partial charge in [0.25, 0.3) is 5.91 Å². The molecular formula is C22H27Cl2N3O2. The lowest BCUT2D eigenvalue weighted by Gasteiger charge is -2.28. The number of halogens is 2. The first-order valence-corrected chi connectivity index (χ1v) is 10.2. The molecule has 29 heavy (non-hydrogen) atoms. The second-order valence-corrected chi connectivity index (χ2v) is 8.24. The average molecular weight is 436 g/mol. The predicted molar refractivity (Wildman–Crippen MR) is 118 cm³/mol. The zero-order chi connectivity index (χ0) is 21.6. The van der Waals surface area contributed by atoms with Crippen LogP contribution in [-0.2, 0) is 4.79 Å². The monoisotopic (exact) mass is 435 g/mol. The number of hydrogen-bond acceptors (Lipinski definition) is 3. The van der Waals surface area contributed by atoms with Gasteiger partial charge in [0, 0.05) is 11.6 Å². The van der Waals surface area contributed by atoms with Gasteiger partial charge in [0.1, 0.15) is 6.04 Å². The largest absolute Gasteiger partial charge is 0.352 e. The number of nitrogens with zero attached hydrogens (tertiary/aromatic N) is 1. The molecule has 0 aliphatic rings. The molecule has 2 aromatic rings. The molecule has 0 radical (unpaired) electrons. The molecule has 0 aliphatic heterocycles. The first kappa shape index (κ1) is 23.2. The van der Waals surface area contributed by atoms with Gasteiger partial charge in [0.05, 0.1) is 16.6 Å². The number of hydrogen-bond donors (Lipinski definition) is 2. The first-order valence-electron chi connectivity index (χ1n) is 9.46. The van der Waals surface area contributed by atoms with Gasteiger partial charge in [-0.2, -0.15) is 0 Å². The highest BCUT2D eigenvalue weighted by Gasteiger charge is 2.26. The molecule has 0 bridgehead atoms. The lowest BCUT2D eigenvalue weighted by atomic mass is 10.0. The van der Waals surface area contributed by atoms with Crippen LogP contribution < -0.4 is 10.6 Å². The molecule has 156 valence electrons. The van der Waals surface area contributed by atoms with Crippen LogP contribution in [0.15, 0.2) is 48.5 Å². The molecule has 0 saturated carbocycles. The number of rotatable bonds is 8. The van der Waals surface area contributed by atoms with Crippen LogP contribution in [0.1, 0.15) is 35.8 Å². The average Bonchev–Trinajstić information content (AvgIpc) is 2.67. The summed E-state index contributed by atoms with van der Waals surface area (Å²) in [6, 6.07) is 13.5. The van der Waals surface area contributed by atoms with Crippen molar-refractivity contribution in [2.45, 2.75) is 25.9 Å². The van der Waals surface area contributed by atoms with Crippen molar-refractivity contribution in [3.8, 4) is 0 Å². The Hall–Kier alpha value is -2.08. The van der Waals surface area contributed by atoms with Gasteiger partial charge in [-0.25, -0.2) is 0 Å². The molecule has 2 aromatic carbocycles. The fraction of sp³-hybridized carbons (Fsp3) is 0.364. The van der Waals surface area contributed by atoms with Crippen molar-refractivity contribution in [3.05, 3.63) is 69.7 Å². The Morgan fingerprint density at radius 1 is 0.966 bits per heavy atom. The number of benzene rings is 2. The van der Waals surface area contributed by atoms with Gasteiger partial charge in [0.2, 0.25) is 5.91 Å². The topological polar surface area (TPSA) is 61.4 Å². The van der Waals surface area contributed by atoms with E-state index in [1.807, 2.05) is 57.1 Å². The van der Waals surface area contributed by atoms with Gasteiger partial charge in [-0.05, 0) is 43.8 Å². The van der Waals surface area contributed by atoms with E-state index in [0.717, 1.165) is 5.56 Å². The first-order chi connectivity index (χ1) is 13.7. The summed E-state index contributed by atoms with van der Waals surface area (Å²) in [6.45, 7) is 4.13. The molecule has 5 nitrogen and oxygen atoms in total. The fourth-order valence-electron chi connectivity index (χ4n) is 3.02. The summed E-state index contributed by atoms with van der Waals surface area (Å²) in [5.41, 5.74) is 1.27. The summed E-state index contributed by atoms with van der Waals surface area (Å²) < 4.78 is 0. The van der Waals surface area contributed by atoms with Crippen LogP contribution in [0.5, 0.6) is 0 Å². The molecule has 2 N–H and O–H groups in total. The number of amides is 2. The van der Waals surface area contributed by atoms with Crippen LogP contribution in [0.3, 0.4) is 0 Å². The molecule has 7 heteroatoms. The maximum Gasteiger partial charge on any atom is 0.253 e. The minimum atomic E-state index is -0.687. The third-order valence-electron chi connectivity index (χ3n) is 4.71. The Morgan fingerprint density at radius 2 is 1.55 bits per heavy atom. The molecule has 0 aliphatic carbocycles. The Bertz CT molecular complexity index is 855. The molecule has 0 spiro atoms. The van der Waals surface area contributed by atoms with Crippen molar-refractivity contribution in [2.24, 2.45) is 5.92 Å². The minimum Gasteiger partial charge on any atom is -0.352 e. The maximum absolute atomic E-state index is 12.9. The zero-order valence-corrected chi connectivity index (χ0v) is 18.6. The second kappa shape index (κ2) is 10.6. The molecular weight excluding hydrogens is 409 g/mol. The van der Waals surface area contributed by atoms with Crippen molar-refractivity contribution in [1.29, 1.82) is 0 Å². The van der Waals surface area contributed by atoms with E-state index in [0.29, 0.717) is 22.2 Å². The molecule has 2 rings (SSSR count). The fourth-order valence-corrected chi connectivity index (χ4v) is 3.51. The highest BCUT2D eigenvalue weighted by molar-refractivity contribution is 6.33. The molecule has 0 heterocycles. The Morgan fingerprint density at radius 3 is 2.10 bits per heavy atom. The summed E-state index contributed by atoms with van der Waals surface area (Å²) in [5, 5.41) is 6.75. The van der Waals surface area contributed by atoms with Crippen LogP contribution in [0, 0.1) is 5.92 Å². The lowest BCUT2D eigenvalue weighted by Crippen LogP contribution is -2.51. The molecule has 0 aromatic heterocycles. The normalized spacial score (nSPS) is 13.2. The molecule has 2 amide bonds. The van der Waals surface area contributed by atoms with E-state index in [1.54, 1.807) is 24.3 Å². The van der Waals surface area contributed by atoms with Gasteiger partial charge in [-0.1, -0.05) is 67.4 Å². The van der Waals surface area contributed by atoms with Crippen molar-refractivity contribution in [1.82, 2.24) is 15.5 Å². The van der Waals surface area contributed by atoms with Crippen molar-refractivity contribution in [2.75, 3.05) is 20.6 Å². The third-order valence-corrected chi connectivity index (χ3v) is 5.39. The predicted octanol–water partition coefficient (Wildman–Crippen LogP) is 4.17. The van der Waals surface area contributed by atoms with Gasteiger partial charge in [-0.3, -0.25) is 9.59 Å². The Balaban J connectivity index is 2.10. The minimum absolute atomic E-state index is 0.0975. The van der Waals surface area contributed by atoms with Gasteiger partial charge < -0.3 is 15.5 Å². The third kappa shape index (κ3) is 6.20. The van der Waals surface area contributed by atoms with Crippen molar-refractivity contribution < 1.29 is 9.59 Å². The van der Waals surface area contributed by atoms with Crippen LogP contribution in [0.25, 0.3) is 0 Å². The number of likely N-dealkylation sites (N-methyl/N-ethyl adjacent to an activating group) is 1. The van der Waals surface area contributed by atoms with E-state index in [1.165, 1.54) is 0 Å². The van der Waals surface area contributed by atoms with Crippen LogP contribution >= 0.6 is 23.2 Å². The van der Waals surface area contributed by atoms with E-state index >= 15 is 0 Å². The van der Waals surface area contributed by atoms with Gasteiger partial charge in [-0.15, -0.1) is 0 Å². The van der Waals surface area contributed by atoms with Gasteiger partial charge >= 0.3 is 0 Å². The quantitative estimate of drug-likeness (QED) is 0.653. The SMILES string of the molecule is CC(C)[C@H](NC(=O)c1ccccc1Cl)C(=O)NC[C@@H](c1ccccc1Cl)N(C)C. The second-order valence-electron chi connectivity index (χ2n) is 7.42. The van der Waals surface area contributed by atoms with Crippen molar-refractivity contribution >= 4 is 35.0 Å². The molecule has 0 unspecified atom stereocenters. The van der Waals surface area contributed by atoms with Crippen molar-refractivity contribution in [3.63, 3.8) is 0 Å². The van der Waals surface area contributed by atoms with E-state index in [9.17, 15) is 9.59 Å². The van der Waals surface area contributed by atoms with Crippen LogP contribution in [0.4, 0.5) is 0 Å². The molecule has 0 saturated heterocycles. The number of nitrogens with one attached hydrogen (secondary N) is 2. The number of carbonyl (C=O) groups excluding carboxylic acids is 2. The van der Waals surface area contributed by atoms with Crippen LogP contribution in [0.2, 0.25) is 10.0 Å².